The van der Waals surface area contributed by atoms with E-state index < -0.39 is 11.9 Å². The van der Waals surface area contributed by atoms with Crippen molar-refractivity contribution in [1.82, 2.24) is 25.3 Å². The van der Waals surface area contributed by atoms with E-state index >= 15 is 0 Å². The monoisotopic (exact) mass is 741 g/mol. The Bertz CT molecular complexity index is 2060. The Morgan fingerprint density at radius 1 is 0.855 bits per heavy atom. The van der Waals surface area contributed by atoms with Gasteiger partial charge >= 0.3 is 0 Å². The summed E-state index contributed by atoms with van der Waals surface area (Å²) < 4.78 is 6.16. The molecule has 11 heteroatoms. The Labute approximate surface area is 321 Å². The van der Waals surface area contributed by atoms with Crippen LogP contribution in [0.2, 0.25) is 0 Å². The van der Waals surface area contributed by atoms with Crippen LogP contribution in [0.25, 0.3) is 11.1 Å². The minimum absolute atomic E-state index is 0.0554. The Morgan fingerprint density at radius 2 is 1.55 bits per heavy atom. The molecular weight excluding hydrogens is 695 g/mol. The van der Waals surface area contributed by atoms with Crippen LogP contribution in [0.3, 0.4) is 0 Å². The lowest BCUT2D eigenvalue weighted by atomic mass is 9.88. The molecule has 7 rings (SSSR count). The van der Waals surface area contributed by atoms with Crippen molar-refractivity contribution in [1.29, 1.82) is 0 Å². The predicted molar refractivity (Wildman–Crippen MR) is 210 cm³/mol. The first-order valence-electron chi connectivity index (χ1n) is 19.0. The second-order valence-electron chi connectivity index (χ2n) is 14.3. The molecule has 3 aliphatic rings. The lowest BCUT2D eigenvalue weighted by Gasteiger charge is -2.34. The number of imide groups is 1. The Balaban J connectivity index is 0.852. The van der Waals surface area contributed by atoms with E-state index in [1.807, 2.05) is 42.5 Å². The summed E-state index contributed by atoms with van der Waals surface area (Å²) in [4.78, 5) is 55.8. The van der Waals surface area contributed by atoms with Crippen molar-refractivity contribution in [2.75, 3.05) is 45.9 Å². The van der Waals surface area contributed by atoms with Crippen molar-refractivity contribution in [3.05, 3.63) is 130 Å². The normalized spacial score (nSPS) is 18.1. The highest BCUT2D eigenvalue weighted by Gasteiger charge is 2.39. The maximum Gasteiger partial charge on any atom is 0.255 e. The zero-order valence-corrected chi connectivity index (χ0v) is 31.1. The van der Waals surface area contributed by atoms with Crippen molar-refractivity contribution in [2.24, 2.45) is 0 Å². The molecule has 4 amide bonds. The topological polar surface area (TPSA) is 132 Å². The summed E-state index contributed by atoms with van der Waals surface area (Å²) in [6.07, 6.45) is 1.39. The molecule has 1 atom stereocenters. The largest absolute Gasteiger partial charge is 0.508 e. The van der Waals surface area contributed by atoms with Crippen molar-refractivity contribution in [3.63, 3.8) is 0 Å². The van der Waals surface area contributed by atoms with Gasteiger partial charge in [-0.25, -0.2) is 0 Å². The van der Waals surface area contributed by atoms with E-state index in [1.54, 1.807) is 18.2 Å². The highest BCUT2D eigenvalue weighted by Crippen LogP contribution is 2.35. The van der Waals surface area contributed by atoms with Gasteiger partial charge in [0, 0.05) is 57.8 Å². The fraction of sp³-hybridized carbons (Fsp3) is 0.318. The summed E-state index contributed by atoms with van der Waals surface area (Å²) in [6, 6.07) is 30.9. The molecule has 0 aliphatic carbocycles. The number of benzene rings is 4. The van der Waals surface area contributed by atoms with Gasteiger partial charge in [0.25, 0.3) is 5.91 Å². The molecule has 4 aromatic rings. The number of carbonyl (C=O) groups is 4. The van der Waals surface area contributed by atoms with E-state index in [1.165, 1.54) is 16.0 Å². The number of phenols is 1. The number of carbonyl (C=O) groups excluding carboxylic acids is 4. The summed E-state index contributed by atoms with van der Waals surface area (Å²) >= 11 is 0. The molecule has 1 unspecified atom stereocenters. The standard InChI is InChI=1S/C44H47N5O6/c1-2-37(31-6-4-3-5-7-31)42(32-9-13-35(50)14-10-32)33-11-15-36(16-12-33)55-25-24-47-20-22-48(23-21-47)29-41(52)45-27-30-8-17-38-34(26-30)28-49(44(38)54)39-18-19-40(51)46-43(39)53/h3-17,26,39,50H,2,18-25,27-29H2,1H3,(H,45,52)(H,46,51,53)/b42-37-. The van der Waals surface area contributed by atoms with Gasteiger partial charge in [-0.1, -0.05) is 73.7 Å². The number of nitrogens with one attached hydrogen (secondary N) is 2. The highest BCUT2D eigenvalue weighted by molar-refractivity contribution is 6.05. The number of piperazine rings is 1. The molecule has 2 fully saturated rings. The van der Waals surface area contributed by atoms with Gasteiger partial charge in [0.1, 0.15) is 24.1 Å². The number of rotatable bonds is 13. The summed E-state index contributed by atoms with van der Waals surface area (Å²) in [6.45, 7) is 7.74. The molecular formula is C44H47N5O6. The molecule has 0 aromatic heterocycles. The van der Waals surface area contributed by atoms with E-state index in [4.69, 9.17) is 4.74 Å². The summed E-state index contributed by atoms with van der Waals surface area (Å²) in [5, 5.41) is 15.3. The fourth-order valence-corrected chi connectivity index (χ4v) is 7.69. The first-order chi connectivity index (χ1) is 26.7. The lowest BCUT2D eigenvalue weighted by molar-refractivity contribution is -0.137. The molecule has 3 N–H and O–H groups in total. The Hall–Kier alpha value is -5.78. The Kier molecular flexibility index (Phi) is 11.7. The molecule has 0 saturated carbocycles. The molecule has 284 valence electrons. The highest BCUT2D eigenvalue weighted by atomic mass is 16.5. The van der Waals surface area contributed by atoms with Crippen LogP contribution in [0.15, 0.2) is 97.1 Å². The molecule has 4 aromatic carbocycles. The average molecular weight is 742 g/mol. The number of allylic oxidation sites excluding steroid dienone is 1. The number of amides is 4. The van der Waals surface area contributed by atoms with Gasteiger partial charge in [-0.05, 0) is 82.1 Å². The van der Waals surface area contributed by atoms with E-state index in [2.05, 4.69) is 63.8 Å². The van der Waals surface area contributed by atoms with Crippen LogP contribution in [0.1, 0.15) is 64.4 Å². The van der Waals surface area contributed by atoms with Gasteiger partial charge in [0.15, 0.2) is 0 Å². The van der Waals surface area contributed by atoms with Gasteiger partial charge in [0.2, 0.25) is 17.7 Å². The van der Waals surface area contributed by atoms with Gasteiger partial charge in [0.05, 0.1) is 6.54 Å². The second kappa shape index (κ2) is 17.1. The lowest BCUT2D eigenvalue weighted by Crippen LogP contribution is -2.52. The van der Waals surface area contributed by atoms with Gasteiger partial charge in [-0.3, -0.25) is 34.3 Å². The van der Waals surface area contributed by atoms with Gasteiger partial charge < -0.3 is 20.1 Å². The maximum atomic E-state index is 13.0. The van der Waals surface area contributed by atoms with Gasteiger partial charge in [-0.15, -0.1) is 0 Å². The molecule has 0 bridgehead atoms. The van der Waals surface area contributed by atoms with Crippen LogP contribution in [-0.2, 0) is 27.5 Å². The van der Waals surface area contributed by atoms with Crippen LogP contribution < -0.4 is 15.4 Å². The van der Waals surface area contributed by atoms with Crippen molar-refractivity contribution in [3.8, 4) is 11.5 Å². The first-order valence-corrected chi connectivity index (χ1v) is 19.0. The molecule has 3 aliphatic heterocycles. The zero-order valence-electron chi connectivity index (χ0n) is 31.1. The SMILES string of the molecule is CC/C(=C(\c1ccc(O)cc1)c1ccc(OCCN2CCN(CC(=O)NCc3ccc4c(c3)CN(C3CCC(=O)NC3=O)C4=O)CC2)cc1)c1ccccc1. The minimum atomic E-state index is -0.651. The van der Waals surface area contributed by atoms with Crippen LogP contribution in [-0.4, -0.2) is 95.4 Å². The number of hydrogen-bond acceptors (Lipinski definition) is 8. The minimum Gasteiger partial charge on any atom is -0.508 e. The number of fused-ring (bicyclic) bond motifs is 1. The number of nitrogens with zero attached hydrogens (tertiary/aromatic N) is 3. The molecule has 55 heavy (non-hydrogen) atoms. The molecule has 2 saturated heterocycles. The number of aromatic hydroxyl groups is 1. The molecule has 0 spiro atoms. The predicted octanol–water partition coefficient (Wildman–Crippen LogP) is 4.84. The number of hydrogen-bond donors (Lipinski definition) is 3. The zero-order chi connectivity index (χ0) is 38.3. The smallest absolute Gasteiger partial charge is 0.255 e. The van der Waals surface area contributed by atoms with E-state index in [0.29, 0.717) is 38.2 Å². The third kappa shape index (κ3) is 8.96. The van der Waals surface area contributed by atoms with E-state index in [0.717, 1.165) is 72.7 Å². The van der Waals surface area contributed by atoms with Crippen LogP contribution in [0.5, 0.6) is 11.5 Å². The van der Waals surface area contributed by atoms with Crippen LogP contribution >= 0.6 is 0 Å². The molecule has 11 nitrogen and oxygen atoms in total. The van der Waals surface area contributed by atoms with Crippen molar-refractivity contribution < 1.29 is 29.0 Å². The first kappa shape index (κ1) is 37.5. The second-order valence-corrected chi connectivity index (χ2v) is 14.3. The van der Waals surface area contributed by atoms with E-state index in [-0.39, 0.29) is 29.9 Å². The number of phenolic OH excluding ortho intramolecular Hbond substituents is 1. The quantitative estimate of drug-likeness (QED) is 0.131. The summed E-state index contributed by atoms with van der Waals surface area (Å²) in [7, 11) is 0. The molecule has 3 heterocycles. The number of ether oxygens (including phenoxy) is 1. The van der Waals surface area contributed by atoms with E-state index in [9.17, 15) is 24.3 Å². The maximum absolute atomic E-state index is 13.0. The van der Waals surface area contributed by atoms with Crippen LogP contribution in [0.4, 0.5) is 0 Å². The van der Waals surface area contributed by atoms with Crippen molar-refractivity contribution >= 4 is 34.8 Å². The van der Waals surface area contributed by atoms with Crippen LogP contribution in [0, 0.1) is 0 Å². The third-order valence-electron chi connectivity index (χ3n) is 10.7. The fourth-order valence-electron chi connectivity index (χ4n) is 7.69. The van der Waals surface area contributed by atoms with Gasteiger partial charge in [-0.2, -0.15) is 0 Å². The summed E-state index contributed by atoms with van der Waals surface area (Å²) in [5.74, 6) is 0.0441. The molecule has 0 radical (unpaired) electrons. The van der Waals surface area contributed by atoms with Crippen molar-refractivity contribution in [2.45, 2.75) is 45.3 Å². The number of piperidine rings is 1. The summed E-state index contributed by atoms with van der Waals surface area (Å²) in [5.41, 5.74) is 7.93. The Morgan fingerprint density at radius 3 is 2.24 bits per heavy atom. The average Bonchev–Trinajstić information content (AvgIpc) is 3.52. The third-order valence-corrected chi connectivity index (χ3v) is 10.7.